The van der Waals surface area contributed by atoms with Crippen LogP contribution in [0.1, 0.15) is 19.8 Å². The number of nitrogens with zero attached hydrogens (tertiary/aromatic N) is 4. The molecule has 3 heterocycles. The molecule has 0 saturated carbocycles. The molecule has 2 fully saturated rings. The molecule has 0 spiro atoms. The third-order valence-electron chi connectivity index (χ3n) is 5.82. The summed E-state index contributed by atoms with van der Waals surface area (Å²) in [4.78, 5) is 35.4. The summed E-state index contributed by atoms with van der Waals surface area (Å²) < 4.78 is 5.86. The summed E-state index contributed by atoms with van der Waals surface area (Å²) >= 11 is 0. The van der Waals surface area contributed by atoms with E-state index in [0.717, 1.165) is 50.1 Å². The Labute approximate surface area is 170 Å². The molecule has 0 unspecified atom stereocenters. The quantitative estimate of drug-likeness (QED) is 0.817. The maximum Gasteiger partial charge on any atom is 0.298 e. The van der Waals surface area contributed by atoms with Crippen LogP contribution >= 0.6 is 0 Å². The maximum atomic E-state index is 12.9. The molecule has 1 aromatic carbocycles. The van der Waals surface area contributed by atoms with E-state index in [9.17, 15) is 9.59 Å². The summed E-state index contributed by atoms with van der Waals surface area (Å²) in [7, 11) is 0. The Kier molecular flexibility index (Phi) is 5.99. The average molecular weight is 399 g/mol. The molecule has 2 aliphatic rings. The third-order valence-corrected chi connectivity index (χ3v) is 5.82. The van der Waals surface area contributed by atoms with Crippen molar-refractivity contribution in [2.75, 3.05) is 57.3 Å². The topological polar surface area (TPSA) is 81.9 Å². The number of para-hydroxylation sites is 2. The number of piperazine rings is 1. The average Bonchev–Trinajstić information content (AvgIpc) is 3.18. The first-order valence-electron chi connectivity index (χ1n) is 10.5. The van der Waals surface area contributed by atoms with Gasteiger partial charge in [-0.2, -0.15) is 4.98 Å². The van der Waals surface area contributed by atoms with Crippen molar-refractivity contribution >= 4 is 28.9 Å². The van der Waals surface area contributed by atoms with Crippen LogP contribution in [0.25, 0.3) is 11.1 Å². The van der Waals surface area contributed by atoms with E-state index in [4.69, 9.17) is 4.42 Å². The highest BCUT2D eigenvalue weighted by Gasteiger charge is 2.31. The summed E-state index contributed by atoms with van der Waals surface area (Å²) in [6.07, 6.45) is 1.63. The zero-order chi connectivity index (χ0) is 20.2. The van der Waals surface area contributed by atoms with Crippen molar-refractivity contribution in [1.82, 2.24) is 20.1 Å². The Hall–Kier alpha value is -2.61. The van der Waals surface area contributed by atoms with Crippen LogP contribution in [0, 0.1) is 5.92 Å². The van der Waals surface area contributed by atoms with E-state index in [1.54, 1.807) is 0 Å². The fourth-order valence-electron chi connectivity index (χ4n) is 4.15. The van der Waals surface area contributed by atoms with Gasteiger partial charge in [0, 0.05) is 51.7 Å². The molecular weight excluding hydrogens is 370 g/mol. The number of piperidine rings is 1. The first-order chi connectivity index (χ1) is 14.1. The number of benzene rings is 1. The molecule has 29 heavy (non-hydrogen) atoms. The van der Waals surface area contributed by atoms with Crippen LogP contribution < -0.4 is 10.2 Å². The van der Waals surface area contributed by atoms with Crippen molar-refractivity contribution in [2.45, 2.75) is 19.8 Å². The highest BCUT2D eigenvalue weighted by atomic mass is 16.4. The number of hydrogen-bond donors (Lipinski definition) is 1. The van der Waals surface area contributed by atoms with E-state index in [-0.39, 0.29) is 17.7 Å². The van der Waals surface area contributed by atoms with Gasteiger partial charge in [-0.05, 0) is 31.9 Å². The van der Waals surface area contributed by atoms with Gasteiger partial charge in [-0.25, -0.2) is 0 Å². The maximum absolute atomic E-state index is 12.9. The molecule has 0 aliphatic carbocycles. The zero-order valence-corrected chi connectivity index (χ0v) is 17.0. The number of nitrogens with one attached hydrogen (secondary N) is 1. The van der Waals surface area contributed by atoms with Crippen molar-refractivity contribution < 1.29 is 14.0 Å². The number of amides is 2. The van der Waals surface area contributed by atoms with Gasteiger partial charge in [-0.3, -0.25) is 14.5 Å². The molecule has 8 nitrogen and oxygen atoms in total. The monoisotopic (exact) mass is 399 g/mol. The second kappa shape index (κ2) is 8.82. The van der Waals surface area contributed by atoms with Crippen molar-refractivity contribution in [3.8, 4) is 0 Å². The highest BCUT2D eigenvalue weighted by Crippen LogP contribution is 2.27. The molecule has 2 saturated heterocycles. The summed E-state index contributed by atoms with van der Waals surface area (Å²) in [5.41, 5.74) is 1.66. The molecule has 0 radical (unpaired) electrons. The lowest BCUT2D eigenvalue weighted by molar-refractivity contribution is -0.138. The Bertz CT molecular complexity index is 818. The van der Waals surface area contributed by atoms with Crippen molar-refractivity contribution in [3.05, 3.63) is 24.3 Å². The minimum Gasteiger partial charge on any atom is -0.423 e. The second-order valence-corrected chi connectivity index (χ2v) is 7.78. The van der Waals surface area contributed by atoms with Crippen LogP contribution in [-0.2, 0) is 9.59 Å². The Balaban J connectivity index is 1.25. The third kappa shape index (κ3) is 4.53. The Morgan fingerprint density at radius 1 is 1.10 bits per heavy atom. The fraction of sp³-hybridized carbons (Fsp3) is 0.571. The van der Waals surface area contributed by atoms with Crippen LogP contribution in [0.2, 0.25) is 0 Å². The standard InChI is InChI=1S/C21H29N5O3/c1-2-22-19(27)15-24-11-13-25(14-12-24)20(28)16-7-9-26(10-8-16)21-23-17-5-3-4-6-18(17)29-21/h3-6,16H,2,7-15H2,1H3,(H,22,27). The number of carbonyl (C=O) groups is 2. The van der Waals surface area contributed by atoms with Gasteiger partial charge in [0.05, 0.1) is 6.54 Å². The highest BCUT2D eigenvalue weighted by molar-refractivity contribution is 5.80. The van der Waals surface area contributed by atoms with Gasteiger partial charge in [0.25, 0.3) is 6.01 Å². The van der Waals surface area contributed by atoms with Gasteiger partial charge in [0.15, 0.2) is 5.58 Å². The summed E-state index contributed by atoms with van der Waals surface area (Å²) in [5, 5.41) is 2.83. The number of anilines is 1. The zero-order valence-electron chi connectivity index (χ0n) is 17.0. The van der Waals surface area contributed by atoms with Gasteiger partial charge in [-0.1, -0.05) is 12.1 Å². The molecule has 0 bridgehead atoms. The largest absolute Gasteiger partial charge is 0.423 e. The number of carbonyl (C=O) groups excluding carboxylic acids is 2. The predicted octanol–water partition coefficient (Wildman–Crippen LogP) is 1.32. The molecular formula is C21H29N5O3. The molecule has 2 aromatic rings. The van der Waals surface area contributed by atoms with E-state index >= 15 is 0 Å². The van der Waals surface area contributed by atoms with E-state index in [1.807, 2.05) is 36.1 Å². The summed E-state index contributed by atoms with van der Waals surface area (Å²) in [6.45, 7) is 7.45. The van der Waals surface area contributed by atoms with Gasteiger partial charge in [-0.15, -0.1) is 0 Å². The first-order valence-corrected chi connectivity index (χ1v) is 10.5. The SMILES string of the molecule is CCNC(=O)CN1CCN(C(=O)C2CCN(c3nc4ccccc4o3)CC2)CC1. The van der Waals surface area contributed by atoms with Gasteiger partial charge in [0.2, 0.25) is 11.8 Å². The van der Waals surface area contributed by atoms with Crippen molar-refractivity contribution in [1.29, 1.82) is 0 Å². The summed E-state index contributed by atoms with van der Waals surface area (Å²) in [6, 6.07) is 8.42. The number of oxazole rings is 1. The lowest BCUT2D eigenvalue weighted by atomic mass is 9.95. The van der Waals surface area contributed by atoms with E-state index < -0.39 is 0 Å². The van der Waals surface area contributed by atoms with Crippen LogP contribution in [0.4, 0.5) is 6.01 Å². The van der Waals surface area contributed by atoms with Crippen molar-refractivity contribution in [2.24, 2.45) is 5.92 Å². The fourth-order valence-corrected chi connectivity index (χ4v) is 4.15. The Morgan fingerprint density at radius 2 is 1.83 bits per heavy atom. The normalized spacial score (nSPS) is 18.9. The van der Waals surface area contributed by atoms with E-state index in [1.165, 1.54) is 0 Å². The number of aromatic nitrogens is 1. The molecule has 156 valence electrons. The minimum absolute atomic E-state index is 0.0545. The second-order valence-electron chi connectivity index (χ2n) is 7.78. The Morgan fingerprint density at radius 3 is 2.52 bits per heavy atom. The number of likely N-dealkylation sites (N-methyl/N-ethyl adjacent to an activating group) is 1. The lowest BCUT2D eigenvalue weighted by Gasteiger charge is -2.38. The van der Waals surface area contributed by atoms with E-state index in [2.05, 4.69) is 20.1 Å². The molecule has 2 aliphatic heterocycles. The predicted molar refractivity (Wildman–Crippen MR) is 111 cm³/mol. The number of fused-ring (bicyclic) bond motifs is 1. The van der Waals surface area contributed by atoms with Crippen LogP contribution in [0.3, 0.4) is 0 Å². The smallest absolute Gasteiger partial charge is 0.298 e. The van der Waals surface area contributed by atoms with Gasteiger partial charge < -0.3 is 19.5 Å². The molecule has 4 rings (SSSR count). The molecule has 8 heteroatoms. The van der Waals surface area contributed by atoms with Crippen LogP contribution in [0.5, 0.6) is 0 Å². The van der Waals surface area contributed by atoms with Gasteiger partial charge >= 0.3 is 0 Å². The van der Waals surface area contributed by atoms with Crippen LogP contribution in [-0.4, -0.2) is 79.0 Å². The molecule has 2 amide bonds. The summed E-state index contributed by atoms with van der Waals surface area (Å²) in [5.74, 6) is 0.365. The lowest BCUT2D eigenvalue weighted by Crippen LogP contribution is -2.53. The van der Waals surface area contributed by atoms with Crippen LogP contribution in [0.15, 0.2) is 28.7 Å². The molecule has 0 atom stereocenters. The first kappa shape index (κ1) is 19.7. The number of hydrogen-bond acceptors (Lipinski definition) is 6. The van der Waals surface area contributed by atoms with Gasteiger partial charge in [0.1, 0.15) is 5.52 Å². The van der Waals surface area contributed by atoms with Crippen molar-refractivity contribution in [3.63, 3.8) is 0 Å². The molecule has 1 aromatic heterocycles. The minimum atomic E-state index is 0.0545. The number of rotatable bonds is 5. The molecule has 1 N–H and O–H groups in total. The van der Waals surface area contributed by atoms with E-state index in [0.29, 0.717) is 32.2 Å².